The van der Waals surface area contributed by atoms with Gasteiger partial charge in [-0.25, -0.2) is 4.79 Å². The van der Waals surface area contributed by atoms with Gasteiger partial charge >= 0.3 is 5.97 Å². The number of hydrogen-bond donors (Lipinski definition) is 1. The van der Waals surface area contributed by atoms with E-state index in [1.54, 1.807) is 13.0 Å². The molecule has 0 aromatic heterocycles. The second-order valence-electron chi connectivity index (χ2n) is 5.76. The number of esters is 1. The van der Waals surface area contributed by atoms with Crippen molar-refractivity contribution in [3.05, 3.63) is 23.8 Å². The lowest BCUT2D eigenvalue weighted by Gasteiger charge is -2.09. The van der Waals surface area contributed by atoms with Gasteiger partial charge in [0.05, 0.1) is 18.8 Å². The van der Waals surface area contributed by atoms with E-state index in [0.717, 1.165) is 12.8 Å². The van der Waals surface area contributed by atoms with E-state index in [2.05, 4.69) is 6.92 Å². The Morgan fingerprint density at radius 1 is 0.957 bits per heavy atom. The molecule has 1 aromatic carbocycles. The Balaban J connectivity index is 2.25. The predicted octanol–water partition coefficient (Wildman–Crippen LogP) is 5.09. The van der Waals surface area contributed by atoms with Crippen molar-refractivity contribution in [1.82, 2.24) is 0 Å². The van der Waals surface area contributed by atoms with Gasteiger partial charge in [0, 0.05) is 6.07 Å². The van der Waals surface area contributed by atoms with Gasteiger partial charge in [0.15, 0.2) is 0 Å². The average molecular weight is 322 g/mol. The van der Waals surface area contributed by atoms with Gasteiger partial charge in [0.25, 0.3) is 0 Å². The first-order valence-corrected chi connectivity index (χ1v) is 8.81. The molecule has 0 saturated heterocycles. The fourth-order valence-corrected chi connectivity index (χ4v) is 2.42. The summed E-state index contributed by atoms with van der Waals surface area (Å²) < 4.78 is 10.6. The number of hydrogen-bond acceptors (Lipinski definition) is 4. The van der Waals surface area contributed by atoms with Gasteiger partial charge < -0.3 is 14.6 Å². The molecular formula is C19H30O4. The third-order valence-electron chi connectivity index (χ3n) is 3.67. The number of benzene rings is 1. The van der Waals surface area contributed by atoms with Gasteiger partial charge in [-0.05, 0) is 25.5 Å². The Bertz CT molecular complexity index is 457. The van der Waals surface area contributed by atoms with E-state index in [1.807, 2.05) is 0 Å². The van der Waals surface area contributed by atoms with Gasteiger partial charge in [-0.3, -0.25) is 0 Å². The Morgan fingerprint density at radius 3 is 2.26 bits per heavy atom. The number of ether oxygens (including phenoxy) is 2. The first-order valence-electron chi connectivity index (χ1n) is 8.81. The first-order chi connectivity index (χ1) is 11.2. The van der Waals surface area contributed by atoms with Crippen molar-refractivity contribution in [2.45, 2.75) is 65.2 Å². The molecule has 0 fully saturated rings. The largest absolute Gasteiger partial charge is 0.508 e. The van der Waals surface area contributed by atoms with E-state index in [0.29, 0.717) is 24.5 Å². The molecule has 23 heavy (non-hydrogen) atoms. The van der Waals surface area contributed by atoms with Crippen LogP contribution in [0.5, 0.6) is 11.5 Å². The highest BCUT2D eigenvalue weighted by Crippen LogP contribution is 2.22. The topological polar surface area (TPSA) is 55.8 Å². The summed E-state index contributed by atoms with van der Waals surface area (Å²) >= 11 is 0. The van der Waals surface area contributed by atoms with Crippen molar-refractivity contribution >= 4 is 5.97 Å². The molecule has 0 spiro atoms. The number of phenolic OH excluding ortho intramolecular Hbond substituents is 1. The fraction of sp³-hybridized carbons (Fsp3) is 0.632. The van der Waals surface area contributed by atoms with Crippen LogP contribution in [0.2, 0.25) is 0 Å². The molecule has 0 aliphatic carbocycles. The molecule has 130 valence electrons. The van der Waals surface area contributed by atoms with E-state index in [4.69, 9.17) is 9.47 Å². The van der Waals surface area contributed by atoms with Crippen molar-refractivity contribution in [1.29, 1.82) is 0 Å². The average Bonchev–Trinajstić information content (AvgIpc) is 2.53. The zero-order valence-corrected chi connectivity index (χ0v) is 14.5. The van der Waals surface area contributed by atoms with E-state index in [1.165, 1.54) is 50.7 Å². The second-order valence-corrected chi connectivity index (χ2v) is 5.76. The molecule has 0 unspecified atom stereocenters. The van der Waals surface area contributed by atoms with Crippen LogP contribution in [-0.4, -0.2) is 24.3 Å². The first kappa shape index (κ1) is 19.3. The van der Waals surface area contributed by atoms with Gasteiger partial charge in [0.1, 0.15) is 11.5 Å². The zero-order valence-electron chi connectivity index (χ0n) is 14.5. The molecule has 1 aromatic rings. The van der Waals surface area contributed by atoms with Crippen LogP contribution in [0.15, 0.2) is 18.2 Å². The van der Waals surface area contributed by atoms with Gasteiger partial charge in [-0.2, -0.15) is 0 Å². The smallest absolute Gasteiger partial charge is 0.338 e. The minimum Gasteiger partial charge on any atom is -0.508 e. The van der Waals surface area contributed by atoms with Crippen molar-refractivity contribution in [3.63, 3.8) is 0 Å². The summed E-state index contributed by atoms with van der Waals surface area (Å²) in [6.07, 6.45) is 9.94. The van der Waals surface area contributed by atoms with Crippen LogP contribution in [0, 0.1) is 0 Å². The molecule has 0 radical (unpaired) electrons. The molecule has 4 heteroatoms. The van der Waals surface area contributed by atoms with Crippen molar-refractivity contribution in [3.8, 4) is 11.5 Å². The van der Waals surface area contributed by atoms with E-state index in [-0.39, 0.29) is 5.75 Å². The number of rotatable bonds is 12. The van der Waals surface area contributed by atoms with Crippen LogP contribution < -0.4 is 4.74 Å². The lowest BCUT2D eigenvalue weighted by Crippen LogP contribution is -2.05. The molecule has 0 bridgehead atoms. The summed E-state index contributed by atoms with van der Waals surface area (Å²) in [7, 11) is 0. The zero-order chi connectivity index (χ0) is 16.9. The van der Waals surface area contributed by atoms with Crippen LogP contribution in [0.25, 0.3) is 0 Å². The Labute approximate surface area is 139 Å². The maximum atomic E-state index is 11.7. The predicted molar refractivity (Wildman–Crippen MR) is 92.2 cm³/mol. The summed E-state index contributed by atoms with van der Waals surface area (Å²) in [5, 5.41) is 9.67. The van der Waals surface area contributed by atoms with Crippen molar-refractivity contribution in [2.24, 2.45) is 0 Å². The quantitative estimate of drug-likeness (QED) is 0.430. The van der Waals surface area contributed by atoms with Crippen LogP contribution in [0.3, 0.4) is 0 Å². The third kappa shape index (κ3) is 8.48. The van der Waals surface area contributed by atoms with Crippen molar-refractivity contribution < 1.29 is 19.4 Å². The van der Waals surface area contributed by atoms with Gasteiger partial charge in [-0.1, -0.05) is 51.9 Å². The Kier molecular flexibility index (Phi) is 9.92. The van der Waals surface area contributed by atoms with E-state index >= 15 is 0 Å². The summed E-state index contributed by atoms with van der Waals surface area (Å²) in [4.78, 5) is 11.7. The number of unbranched alkanes of at least 4 members (excludes halogenated alkanes) is 7. The molecule has 1 N–H and O–H groups in total. The molecule has 0 aliphatic heterocycles. The molecule has 0 amide bonds. The SMILES string of the molecule is CCCCCCCCCCOc1cc(O)cc(C(=O)OCC)c1. The molecule has 1 rings (SSSR count). The number of phenols is 1. The summed E-state index contributed by atoms with van der Waals surface area (Å²) in [6, 6.07) is 4.52. The second kappa shape index (κ2) is 11.8. The van der Waals surface area contributed by atoms with E-state index in [9.17, 15) is 9.90 Å². The lowest BCUT2D eigenvalue weighted by atomic mass is 10.1. The van der Waals surface area contributed by atoms with Crippen LogP contribution >= 0.6 is 0 Å². The fourth-order valence-electron chi connectivity index (χ4n) is 2.42. The monoisotopic (exact) mass is 322 g/mol. The number of aromatic hydroxyl groups is 1. The number of carbonyl (C=O) groups is 1. The molecule has 4 nitrogen and oxygen atoms in total. The number of carbonyl (C=O) groups excluding carboxylic acids is 1. The standard InChI is InChI=1S/C19H30O4/c1-3-5-6-7-8-9-10-11-12-23-18-14-16(13-17(20)15-18)19(21)22-4-2/h13-15,20H,3-12H2,1-2H3. The normalized spacial score (nSPS) is 10.5. The highest BCUT2D eigenvalue weighted by Gasteiger charge is 2.10. The van der Waals surface area contributed by atoms with Crippen LogP contribution in [0.4, 0.5) is 0 Å². The lowest BCUT2D eigenvalue weighted by molar-refractivity contribution is 0.0525. The van der Waals surface area contributed by atoms with Gasteiger partial charge in [-0.15, -0.1) is 0 Å². The minimum absolute atomic E-state index is 0.0153. The van der Waals surface area contributed by atoms with E-state index < -0.39 is 5.97 Å². The Morgan fingerprint density at radius 2 is 1.61 bits per heavy atom. The molecular weight excluding hydrogens is 292 g/mol. The minimum atomic E-state index is -0.444. The molecule has 0 heterocycles. The maximum Gasteiger partial charge on any atom is 0.338 e. The highest BCUT2D eigenvalue weighted by atomic mass is 16.5. The Hall–Kier alpha value is -1.71. The molecule has 0 aliphatic rings. The van der Waals surface area contributed by atoms with Gasteiger partial charge in [0.2, 0.25) is 0 Å². The molecule has 0 saturated carbocycles. The van der Waals surface area contributed by atoms with Crippen LogP contribution in [0.1, 0.15) is 75.6 Å². The maximum absolute atomic E-state index is 11.7. The molecule has 0 atom stereocenters. The third-order valence-corrected chi connectivity index (χ3v) is 3.67. The summed E-state index contributed by atoms with van der Waals surface area (Å²) in [5.74, 6) is 0.0813. The van der Waals surface area contributed by atoms with Crippen molar-refractivity contribution in [2.75, 3.05) is 13.2 Å². The highest BCUT2D eigenvalue weighted by molar-refractivity contribution is 5.90. The van der Waals surface area contributed by atoms with Crippen LogP contribution in [-0.2, 0) is 4.74 Å². The summed E-state index contributed by atoms with van der Waals surface area (Å²) in [5.41, 5.74) is 0.317. The summed E-state index contributed by atoms with van der Waals surface area (Å²) in [6.45, 7) is 4.88.